The lowest BCUT2D eigenvalue weighted by Gasteiger charge is -2.17. The lowest BCUT2D eigenvalue weighted by Crippen LogP contribution is -2.21. The number of aromatic nitrogens is 1. The number of rotatable bonds is 3. The molecule has 1 heterocycles. The first kappa shape index (κ1) is 12.4. The van der Waals surface area contributed by atoms with Crippen LogP contribution in [0.2, 0.25) is 0 Å². The van der Waals surface area contributed by atoms with Crippen molar-refractivity contribution in [1.29, 1.82) is 0 Å². The molecule has 1 aliphatic carbocycles. The first-order valence-corrected chi connectivity index (χ1v) is 6.97. The van der Waals surface area contributed by atoms with Gasteiger partial charge in [-0.25, -0.2) is 4.98 Å². The minimum Gasteiger partial charge on any atom is -0.445 e. The first-order chi connectivity index (χ1) is 9.24. The molecule has 0 radical (unpaired) electrons. The number of fused-ring (bicyclic) bond motifs is 1. The number of nitrogens with two attached hydrogens (primary N) is 1. The van der Waals surface area contributed by atoms with E-state index in [-0.39, 0.29) is 0 Å². The van der Waals surface area contributed by atoms with Crippen LogP contribution in [0, 0.1) is 12.8 Å². The second-order valence-corrected chi connectivity index (χ2v) is 5.49. The Hall–Kier alpha value is -1.61. The van der Waals surface area contributed by atoms with Crippen LogP contribution in [-0.2, 0) is 19.3 Å². The van der Waals surface area contributed by atoms with Gasteiger partial charge in [0.2, 0.25) is 0 Å². The van der Waals surface area contributed by atoms with Gasteiger partial charge in [0, 0.05) is 12.8 Å². The Kier molecular flexibility index (Phi) is 3.38. The van der Waals surface area contributed by atoms with Crippen LogP contribution >= 0.6 is 0 Å². The van der Waals surface area contributed by atoms with E-state index in [2.05, 4.69) is 36.2 Å². The van der Waals surface area contributed by atoms with Gasteiger partial charge in [-0.1, -0.05) is 29.8 Å². The van der Waals surface area contributed by atoms with Crippen LogP contribution in [-0.4, -0.2) is 11.5 Å². The largest absolute Gasteiger partial charge is 0.445 e. The summed E-state index contributed by atoms with van der Waals surface area (Å²) in [6, 6.07) is 8.50. The Labute approximate surface area is 113 Å². The van der Waals surface area contributed by atoms with Gasteiger partial charge in [0.15, 0.2) is 5.89 Å². The molecule has 0 saturated carbocycles. The van der Waals surface area contributed by atoms with Gasteiger partial charge in [0.1, 0.15) is 5.76 Å². The van der Waals surface area contributed by atoms with Crippen LogP contribution in [0.4, 0.5) is 0 Å². The summed E-state index contributed by atoms with van der Waals surface area (Å²) in [6.45, 7) is 2.85. The zero-order valence-corrected chi connectivity index (χ0v) is 11.4. The van der Waals surface area contributed by atoms with Gasteiger partial charge < -0.3 is 10.2 Å². The summed E-state index contributed by atoms with van der Waals surface area (Å²) in [5.74, 6) is 2.46. The first-order valence-electron chi connectivity index (χ1n) is 6.97. The van der Waals surface area contributed by atoms with Gasteiger partial charge in [-0.2, -0.15) is 0 Å². The van der Waals surface area contributed by atoms with Gasteiger partial charge in [-0.3, -0.25) is 0 Å². The summed E-state index contributed by atoms with van der Waals surface area (Å²) < 4.78 is 5.92. The van der Waals surface area contributed by atoms with Crippen LogP contribution in [0.25, 0.3) is 0 Å². The van der Waals surface area contributed by atoms with Crippen LogP contribution in [0.3, 0.4) is 0 Å². The average Bonchev–Trinajstić information content (AvgIpc) is 2.79. The third kappa shape index (κ3) is 2.71. The number of nitrogens with zero attached hydrogens (tertiary/aromatic N) is 1. The van der Waals surface area contributed by atoms with Gasteiger partial charge in [0.25, 0.3) is 0 Å². The highest BCUT2D eigenvalue weighted by Crippen LogP contribution is 2.26. The second-order valence-electron chi connectivity index (χ2n) is 5.49. The lowest BCUT2D eigenvalue weighted by molar-refractivity contribution is 0.386. The molecule has 3 heteroatoms. The van der Waals surface area contributed by atoms with Crippen LogP contribution < -0.4 is 5.73 Å². The molecule has 0 spiro atoms. The third-order valence-corrected chi connectivity index (χ3v) is 3.86. The molecule has 3 nitrogen and oxygen atoms in total. The normalized spacial score (nSPS) is 18.3. The van der Waals surface area contributed by atoms with E-state index >= 15 is 0 Å². The van der Waals surface area contributed by atoms with E-state index in [9.17, 15) is 0 Å². The molecule has 2 N–H and O–H groups in total. The molecule has 100 valence electrons. The maximum absolute atomic E-state index is 5.92. The van der Waals surface area contributed by atoms with E-state index in [1.165, 1.54) is 11.1 Å². The Bertz CT molecular complexity index is 574. The summed E-state index contributed by atoms with van der Waals surface area (Å²) in [7, 11) is 0. The fourth-order valence-electron chi connectivity index (χ4n) is 2.77. The smallest absolute Gasteiger partial charge is 0.199 e. The molecule has 0 bridgehead atoms. The van der Waals surface area contributed by atoms with Gasteiger partial charge in [-0.05, 0) is 37.8 Å². The highest BCUT2D eigenvalue weighted by Gasteiger charge is 2.23. The van der Waals surface area contributed by atoms with Crippen molar-refractivity contribution >= 4 is 0 Å². The molecule has 1 aromatic carbocycles. The quantitative estimate of drug-likeness (QED) is 0.918. The molecule has 0 amide bonds. The molecule has 0 saturated heterocycles. The number of hydrogen-bond donors (Lipinski definition) is 1. The number of benzene rings is 1. The highest BCUT2D eigenvalue weighted by molar-refractivity contribution is 5.25. The third-order valence-electron chi connectivity index (χ3n) is 3.86. The summed E-state index contributed by atoms with van der Waals surface area (Å²) in [4.78, 5) is 4.64. The van der Waals surface area contributed by atoms with Gasteiger partial charge in [-0.15, -0.1) is 0 Å². The summed E-state index contributed by atoms with van der Waals surface area (Å²) in [6.07, 6.45) is 3.88. The number of oxazole rings is 1. The van der Waals surface area contributed by atoms with E-state index in [0.29, 0.717) is 5.92 Å². The van der Waals surface area contributed by atoms with Crippen LogP contribution in [0.15, 0.2) is 28.7 Å². The van der Waals surface area contributed by atoms with Crippen molar-refractivity contribution in [1.82, 2.24) is 4.98 Å². The predicted molar refractivity (Wildman–Crippen MR) is 75.1 cm³/mol. The fraction of sp³-hybridized carbons (Fsp3) is 0.438. The minimum atomic E-state index is 0.562. The lowest BCUT2D eigenvalue weighted by atomic mass is 9.91. The molecule has 3 rings (SSSR count). The topological polar surface area (TPSA) is 52.0 Å². The molecule has 2 aromatic rings. The fourth-order valence-corrected chi connectivity index (χ4v) is 2.77. The molecule has 1 aromatic heterocycles. The monoisotopic (exact) mass is 256 g/mol. The van der Waals surface area contributed by atoms with Crippen molar-refractivity contribution in [3.05, 3.63) is 52.7 Å². The van der Waals surface area contributed by atoms with E-state index in [0.717, 1.165) is 49.6 Å². The Balaban J connectivity index is 1.78. The van der Waals surface area contributed by atoms with E-state index in [1.807, 2.05) is 0 Å². The van der Waals surface area contributed by atoms with Crippen molar-refractivity contribution < 1.29 is 4.42 Å². The summed E-state index contributed by atoms with van der Waals surface area (Å²) in [5, 5.41) is 0. The van der Waals surface area contributed by atoms with E-state index < -0.39 is 0 Å². The zero-order chi connectivity index (χ0) is 13.2. The average molecular weight is 256 g/mol. The SMILES string of the molecule is Cc1cccc(Cc2nc3c(o2)CC(CN)CC3)c1. The summed E-state index contributed by atoms with van der Waals surface area (Å²) in [5.41, 5.74) is 9.42. The zero-order valence-electron chi connectivity index (χ0n) is 11.4. The molecule has 19 heavy (non-hydrogen) atoms. The minimum absolute atomic E-state index is 0.562. The maximum atomic E-state index is 5.92. The molecular formula is C16H20N2O. The Morgan fingerprint density at radius 1 is 1.42 bits per heavy atom. The molecule has 0 aliphatic heterocycles. The van der Waals surface area contributed by atoms with E-state index in [4.69, 9.17) is 10.2 Å². The van der Waals surface area contributed by atoms with Crippen LogP contribution in [0.5, 0.6) is 0 Å². The maximum Gasteiger partial charge on any atom is 0.199 e. The molecule has 1 aliphatic rings. The molecule has 0 fully saturated rings. The Morgan fingerprint density at radius 2 is 2.32 bits per heavy atom. The van der Waals surface area contributed by atoms with Gasteiger partial charge in [0.05, 0.1) is 5.69 Å². The molecular weight excluding hydrogens is 236 g/mol. The summed E-state index contributed by atoms with van der Waals surface area (Å²) >= 11 is 0. The van der Waals surface area contributed by atoms with Crippen molar-refractivity contribution in [3.63, 3.8) is 0 Å². The van der Waals surface area contributed by atoms with Crippen molar-refractivity contribution in [2.24, 2.45) is 11.7 Å². The Morgan fingerprint density at radius 3 is 3.11 bits per heavy atom. The van der Waals surface area contributed by atoms with Crippen molar-refractivity contribution in [2.45, 2.75) is 32.6 Å². The molecule has 1 unspecified atom stereocenters. The van der Waals surface area contributed by atoms with Crippen molar-refractivity contribution in [2.75, 3.05) is 6.54 Å². The van der Waals surface area contributed by atoms with E-state index in [1.54, 1.807) is 0 Å². The van der Waals surface area contributed by atoms with Gasteiger partial charge >= 0.3 is 0 Å². The van der Waals surface area contributed by atoms with Crippen molar-refractivity contribution in [3.8, 4) is 0 Å². The predicted octanol–water partition coefficient (Wildman–Crippen LogP) is 2.64. The highest BCUT2D eigenvalue weighted by atomic mass is 16.4. The van der Waals surface area contributed by atoms with Crippen LogP contribution in [0.1, 0.15) is 34.9 Å². The molecule has 1 atom stereocenters. The number of hydrogen-bond acceptors (Lipinski definition) is 3. The number of aryl methyl sites for hydroxylation is 2. The standard InChI is InChI=1S/C16H20N2O/c1-11-3-2-4-12(7-11)9-16-18-14-6-5-13(10-17)8-15(14)19-16/h2-4,7,13H,5-6,8-10,17H2,1H3. The second kappa shape index (κ2) is 5.17.